The first kappa shape index (κ1) is 13.3. The lowest BCUT2D eigenvalue weighted by atomic mass is 9.95. The van der Waals surface area contributed by atoms with E-state index in [1.807, 2.05) is 0 Å². The molecule has 0 bridgehead atoms. The third-order valence-electron chi connectivity index (χ3n) is 3.85. The summed E-state index contributed by atoms with van der Waals surface area (Å²) in [5.74, 6) is -1.59. The molecule has 2 aliphatic rings. The van der Waals surface area contributed by atoms with Crippen molar-refractivity contribution < 1.29 is 19.5 Å². The summed E-state index contributed by atoms with van der Waals surface area (Å²) in [5.41, 5.74) is 1.00. The number of carbonyl (C=O) groups is 3. The molecular weight excluding hydrogens is 278 g/mol. The monoisotopic (exact) mass is 293 g/mol. The highest BCUT2D eigenvalue weighted by Gasteiger charge is 2.35. The summed E-state index contributed by atoms with van der Waals surface area (Å²) in [7, 11) is 0. The van der Waals surface area contributed by atoms with Crippen molar-refractivity contribution in [1.29, 1.82) is 0 Å². The Morgan fingerprint density at radius 1 is 1.00 bits per heavy atom. The number of hydrogen-bond acceptors (Lipinski definition) is 4. The number of thiophene rings is 1. The molecule has 0 unspecified atom stereocenters. The normalized spacial score (nSPS) is 19.1. The van der Waals surface area contributed by atoms with Crippen LogP contribution in [0.5, 0.6) is 0 Å². The molecule has 1 aliphatic heterocycles. The van der Waals surface area contributed by atoms with E-state index in [4.69, 9.17) is 0 Å². The van der Waals surface area contributed by atoms with Gasteiger partial charge >= 0.3 is 5.97 Å². The van der Waals surface area contributed by atoms with E-state index in [1.54, 1.807) is 0 Å². The van der Waals surface area contributed by atoms with Gasteiger partial charge in [-0.25, -0.2) is 9.69 Å². The third-order valence-corrected chi connectivity index (χ3v) is 5.13. The summed E-state index contributed by atoms with van der Waals surface area (Å²) in [4.78, 5) is 37.7. The second-order valence-corrected chi connectivity index (χ2v) is 6.26. The highest BCUT2D eigenvalue weighted by molar-refractivity contribution is 7.17. The fraction of sp³-hybridized carbons (Fsp3) is 0.500. The van der Waals surface area contributed by atoms with Crippen LogP contribution >= 0.6 is 11.3 Å². The highest BCUT2D eigenvalue weighted by Crippen LogP contribution is 2.41. The van der Waals surface area contributed by atoms with Crippen LogP contribution in [0.3, 0.4) is 0 Å². The zero-order chi connectivity index (χ0) is 14.3. The molecule has 6 heteroatoms. The summed E-state index contributed by atoms with van der Waals surface area (Å²) in [6.07, 6.45) is 4.75. The maximum atomic E-state index is 12.0. The second kappa shape index (κ2) is 5.01. The molecule has 2 amide bonds. The number of aryl methyl sites for hydroxylation is 1. The van der Waals surface area contributed by atoms with Crippen molar-refractivity contribution in [2.75, 3.05) is 4.90 Å². The van der Waals surface area contributed by atoms with Crippen LogP contribution in [0.15, 0.2) is 0 Å². The van der Waals surface area contributed by atoms with Gasteiger partial charge in [0, 0.05) is 17.7 Å². The van der Waals surface area contributed by atoms with E-state index in [9.17, 15) is 19.5 Å². The Kier molecular flexibility index (Phi) is 3.33. The fourth-order valence-electron chi connectivity index (χ4n) is 2.91. The molecule has 1 aromatic rings. The molecule has 0 radical (unpaired) electrons. The largest absolute Gasteiger partial charge is 0.478 e. The molecule has 1 aliphatic carbocycles. The maximum Gasteiger partial charge on any atom is 0.339 e. The third kappa shape index (κ3) is 2.04. The first-order valence-electron chi connectivity index (χ1n) is 6.83. The predicted octanol–water partition coefficient (Wildman–Crippen LogP) is 2.37. The molecule has 1 N–H and O–H groups in total. The van der Waals surface area contributed by atoms with Crippen molar-refractivity contribution in [2.45, 2.75) is 44.9 Å². The van der Waals surface area contributed by atoms with Gasteiger partial charge in [0.2, 0.25) is 11.8 Å². The Morgan fingerprint density at radius 3 is 2.30 bits per heavy atom. The second-order valence-electron chi connectivity index (χ2n) is 5.17. The van der Waals surface area contributed by atoms with Crippen LogP contribution in [-0.4, -0.2) is 22.9 Å². The van der Waals surface area contributed by atoms with E-state index in [1.165, 1.54) is 11.3 Å². The number of aromatic carboxylic acids is 1. The van der Waals surface area contributed by atoms with Gasteiger partial charge in [-0.3, -0.25) is 9.59 Å². The first-order chi connectivity index (χ1) is 9.59. The number of rotatable bonds is 2. The Morgan fingerprint density at radius 2 is 1.65 bits per heavy atom. The summed E-state index contributed by atoms with van der Waals surface area (Å²) in [6, 6.07) is 0. The maximum absolute atomic E-state index is 12.0. The molecule has 2 heterocycles. The molecule has 5 nitrogen and oxygen atoms in total. The molecule has 1 fully saturated rings. The quantitative estimate of drug-likeness (QED) is 0.849. The smallest absolute Gasteiger partial charge is 0.339 e. The van der Waals surface area contributed by atoms with Crippen LogP contribution in [0.1, 0.15) is 52.9 Å². The van der Waals surface area contributed by atoms with E-state index in [2.05, 4.69) is 0 Å². The predicted molar refractivity (Wildman–Crippen MR) is 74.3 cm³/mol. The molecular formula is C14H15NO4S. The number of piperidine rings is 1. The van der Waals surface area contributed by atoms with Crippen LogP contribution < -0.4 is 4.90 Å². The topological polar surface area (TPSA) is 74.7 Å². The van der Waals surface area contributed by atoms with E-state index < -0.39 is 5.97 Å². The van der Waals surface area contributed by atoms with Crippen molar-refractivity contribution in [2.24, 2.45) is 0 Å². The van der Waals surface area contributed by atoms with Crippen molar-refractivity contribution in [3.63, 3.8) is 0 Å². The number of imide groups is 1. The van der Waals surface area contributed by atoms with Crippen LogP contribution in [0.4, 0.5) is 5.00 Å². The summed E-state index contributed by atoms with van der Waals surface area (Å²) >= 11 is 1.31. The molecule has 0 atom stereocenters. The van der Waals surface area contributed by atoms with E-state index in [0.717, 1.165) is 41.0 Å². The standard InChI is InChI=1S/C14H15NO4S/c16-10-6-3-7-11(17)15(10)13-12(14(18)19)8-4-1-2-5-9(8)20-13/h1-7H2,(H,18,19). The first-order valence-corrected chi connectivity index (χ1v) is 7.65. The lowest BCUT2D eigenvalue weighted by Gasteiger charge is -2.24. The lowest BCUT2D eigenvalue weighted by Crippen LogP contribution is -2.40. The Labute approximate surface area is 120 Å². The van der Waals surface area contributed by atoms with Gasteiger partial charge in [-0.05, 0) is 37.7 Å². The zero-order valence-electron chi connectivity index (χ0n) is 11.0. The van der Waals surface area contributed by atoms with Gasteiger partial charge in [-0.2, -0.15) is 0 Å². The van der Waals surface area contributed by atoms with Gasteiger partial charge < -0.3 is 5.11 Å². The number of amides is 2. The van der Waals surface area contributed by atoms with E-state index in [-0.39, 0.29) is 17.4 Å². The number of carbonyl (C=O) groups excluding carboxylic acids is 2. The molecule has 1 aromatic heterocycles. The Balaban J connectivity index is 2.12. The highest BCUT2D eigenvalue weighted by atomic mass is 32.1. The van der Waals surface area contributed by atoms with Gasteiger partial charge in [0.1, 0.15) is 5.00 Å². The average molecular weight is 293 g/mol. The Hall–Kier alpha value is -1.69. The molecule has 0 saturated carbocycles. The average Bonchev–Trinajstić information content (AvgIpc) is 2.77. The van der Waals surface area contributed by atoms with Gasteiger partial charge in [0.05, 0.1) is 5.56 Å². The number of fused-ring (bicyclic) bond motifs is 1. The fourth-order valence-corrected chi connectivity index (χ4v) is 4.32. The number of anilines is 1. The molecule has 1 saturated heterocycles. The van der Waals surface area contributed by atoms with Crippen LogP contribution in [0.2, 0.25) is 0 Å². The SMILES string of the molecule is O=C(O)c1c(N2C(=O)CCCC2=O)sc2c1CCCC2. The van der Waals surface area contributed by atoms with E-state index >= 15 is 0 Å². The van der Waals surface area contributed by atoms with Crippen molar-refractivity contribution >= 4 is 34.1 Å². The van der Waals surface area contributed by atoms with Gasteiger partial charge in [0.25, 0.3) is 0 Å². The zero-order valence-corrected chi connectivity index (χ0v) is 11.8. The summed E-state index contributed by atoms with van der Waals surface area (Å²) in [5, 5.41) is 9.80. The van der Waals surface area contributed by atoms with Crippen LogP contribution in [0, 0.1) is 0 Å². The number of carboxylic acids is 1. The van der Waals surface area contributed by atoms with E-state index in [0.29, 0.717) is 24.3 Å². The minimum absolute atomic E-state index is 0.174. The molecule has 0 aromatic carbocycles. The minimum atomic E-state index is -1.04. The number of carboxylic acid groups (broad SMARTS) is 1. The van der Waals surface area contributed by atoms with Gasteiger partial charge in [-0.1, -0.05) is 0 Å². The molecule has 3 rings (SSSR count). The van der Waals surface area contributed by atoms with Crippen LogP contribution in [-0.2, 0) is 22.4 Å². The summed E-state index contributed by atoms with van der Waals surface area (Å²) < 4.78 is 0. The van der Waals surface area contributed by atoms with Crippen molar-refractivity contribution in [3.05, 3.63) is 16.0 Å². The minimum Gasteiger partial charge on any atom is -0.478 e. The molecule has 106 valence electrons. The number of hydrogen-bond donors (Lipinski definition) is 1. The Bertz CT molecular complexity index is 589. The van der Waals surface area contributed by atoms with Crippen LogP contribution in [0.25, 0.3) is 0 Å². The molecule has 20 heavy (non-hydrogen) atoms. The molecule has 0 spiro atoms. The summed E-state index contributed by atoms with van der Waals surface area (Å²) in [6.45, 7) is 0. The van der Waals surface area contributed by atoms with Gasteiger partial charge in [-0.15, -0.1) is 11.3 Å². The van der Waals surface area contributed by atoms with Crippen molar-refractivity contribution in [3.8, 4) is 0 Å². The van der Waals surface area contributed by atoms with Gasteiger partial charge in [0.15, 0.2) is 0 Å². The lowest BCUT2D eigenvalue weighted by molar-refractivity contribution is -0.128. The number of nitrogens with zero attached hydrogens (tertiary/aromatic N) is 1. The van der Waals surface area contributed by atoms with Crippen molar-refractivity contribution in [1.82, 2.24) is 0 Å².